The summed E-state index contributed by atoms with van der Waals surface area (Å²) in [6, 6.07) is 0. The summed E-state index contributed by atoms with van der Waals surface area (Å²) in [5.74, 6) is 0.808. The Morgan fingerprint density at radius 1 is 1.07 bits per heavy atom. The number of hydrogen-bond donors (Lipinski definition) is 2. The standard InChI is InChI=1S/C9H20ClNO3S/c10-6-3-1-2-4-9-15(13,14)11-7-5-8-12/h11-12H,1-9H2. The third kappa shape index (κ3) is 10.4. The summed E-state index contributed by atoms with van der Waals surface area (Å²) in [7, 11) is -3.14. The van der Waals surface area contributed by atoms with Crippen LogP contribution in [-0.2, 0) is 10.0 Å². The van der Waals surface area contributed by atoms with Gasteiger partial charge in [-0.2, -0.15) is 0 Å². The van der Waals surface area contributed by atoms with Crippen LogP contribution in [0.5, 0.6) is 0 Å². The molecule has 0 aromatic carbocycles. The molecule has 0 fully saturated rings. The number of alkyl halides is 1. The van der Waals surface area contributed by atoms with E-state index in [4.69, 9.17) is 16.7 Å². The van der Waals surface area contributed by atoms with Gasteiger partial charge < -0.3 is 5.11 Å². The first-order valence-corrected chi connectivity index (χ1v) is 7.45. The maximum absolute atomic E-state index is 11.3. The van der Waals surface area contributed by atoms with Crippen molar-refractivity contribution in [2.24, 2.45) is 0 Å². The smallest absolute Gasteiger partial charge is 0.211 e. The summed E-state index contributed by atoms with van der Waals surface area (Å²) >= 11 is 5.50. The zero-order chi connectivity index (χ0) is 11.6. The van der Waals surface area contributed by atoms with Crippen LogP contribution in [-0.4, -0.2) is 38.3 Å². The van der Waals surface area contributed by atoms with Crippen LogP contribution in [0.2, 0.25) is 0 Å². The van der Waals surface area contributed by atoms with Crippen molar-refractivity contribution in [3.05, 3.63) is 0 Å². The number of hydrogen-bond acceptors (Lipinski definition) is 3. The molecule has 0 saturated carbocycles. The summed E-state index contributed by atoms with van der Waals surface area (Å²) < 4.78 is 25.1. The number of sulfonamides is 1. The molecule has 0 amide bonds. The molecule has 0 radical (unpaired) electrons. The molecule has 0 atom stereocenters. The first-order chi connectivity index (χ1) is 7.12. The Labute approximate surface area is 97.1 Å². The van der Waals surface area contributed by atoms with Crippen LogP contribution in [0.25, 0.3) is 0 Å². The van der Waals surface area contributed by atoms with Gasteiger partial charge in [0.25, 0.3) is 0 Å². The number of unbranched alkanes of at least 4 members (excludes halogenated alkanes) is 3. The number of nitrogens with one attached hydrogen (secondary N) is 1. The topological polar surface area (TPSA) is 66.4 Å². The summed E-state index contributed by atoms with van der Waals surface area (Å²) in [4.78, 5) is 0. The quantitative estimate of drug-likeness (QED) is 0.455. The summed E-state index contributed by atoms with van der Waals surface area (Å²) in [5, 5.41) is 8.49. The zero-order valence-electron chi connectivity index (χ0n) is 8.91. The average molecular weight is 258 g/mol. The van der Waals surface area contributed by atoms with Gasteiger partial charge in [0, 0.05) is 19.0 Å². The first kappa shape index (κ1) is 15.2. The summed E-state index contributed by atoms with van der Waals surface area (Å²) in [5.41, 5.74) is 0. The minimum Gasteiger partial charge on any atom is -0.396 e. The first-order valence-electron chi connectivity index (χ1n) is 5.26. The maximum Gasteiger partial charge on any atom is 0.211 e. The van der Waals surface area contributed by atoms with Crippen molar-refractivity contribution < 1.29 is 13.5 Å². The van der Waals surface area contributed by atoms with Crippen molar-refractivity contribution >= 4 is 21.6 Å². The molecule has 0 heterocycles. The van der Waals surface area contributed by atoms with E-state index >= 15 is 0 Å². The van der Waals surface area contributed by atoms with Gasteiger partial charge in [-0.05, 0) is 19.3 Å². The Balaban J connectivity index is 3.47. The fourth-order valence-electron chi connectivity index (χ4n) is 1.12. The highest BCUT2D eigenvalue weighted by Gasteiger charge is 2.07. The monoisotopic (exact) mass is 257 g/mol. The van der Waals surface area contributed by atoms with Gasteiger partial charge in [-0.25, -0.2) is 13.1 Å². The van der Waals surface area contributed by atoms with Gasteiger partial charge in [0.05, 0.1) is 5.75 Å². The van der Waals surface area contributed by atoms with Crippen molar-refractivity contribution in [3.8, 4) is 0 Å². The second-order valence-corrected chi connectivity index (χ2v) is 5.70. The lowest BCUT2D eigenvalue weighted by molar-refractivity contribution is 0.289. The molecule has 6 heteroatoms. The van der Waals surface area contributed by atoms with E-state index in [1.165, 1.54) is 0 Å². The lowest BCUT2D eigenvalue weighted by Gasteiger charge is -2.05. The van der Waals surface area contributed by atoms with Crippen molar-refractivity contribution in [1.29, 1.82) is 0 Å². The van der Waals surface area contributed by atoms with Crippen LogP contribution in [0.4, 0.5) is 0 Å². The molecule has 0 saturated heterocycles. The van der Waals surface area contributed by atoms with Crippen LogP contribution in [0.1, 0.15) is 32.1 Å². The number of halogens is 1. The van der Waals surface area contributed by atoms with E-state index in [-0.39, 0.29) is 12.4 Å². The predicted octanol–water partition coefficient (Wildman–Crippen LogP) is 1.09. The lowest BCUT2D eigenvalue weighted by Crippen LogP contribution is -2.27. The molecule has 0 rings (SSSR count). The van der Waals surface area contributed by atoms with Gasteiger partial charge in [-0.1, -0.05) is 12.8 Å². The molecule has 0 aliphatic carbocycles. The molecule has 0 aromatic rings. The molecule has 0 aromatic heterocycles. The maximum atomic E-state index is 11.3. The molecule has 15 heavy (non-hydrogen) atoms. The van der Waals surface area contributed by atoms with E-state index in [0.717, 1.165) is 19.3 Å². The molecule has 4 nitrogen and oxygen atoms in total. The summed E-state index contributed by atoms with van der Waals surface area (Å²) in [6.45, 7) is 0.332. The van der Waals surface area contributed by atoms with E-state index in [1.54, 1.807) is 0 Å². The normalized spacial score (nSPS) is 11.9. The molecule has 0 bridgehead atoms. The molecule has 0 aliphatic heterocycles. The third-order valence-electron chi connectivity index (χ3n) is 1.95. The van der Waals surface area contributed by atoms with Crippen LogP contribution >= 0.6 is 11.6 Å². The van der Waals surface area contributed by atoms with Crippen LogP contribution < -0.4 is 4.72 Å². The van der Waals surface area contributed by atoms with E-state index in [2.05, 4.69) is 4.72 Å². The van der Waals surface area contributed by atoms with Gasteiger partial charge >= 0.3 is 0 Å². The highest BCUT2D eigenvalue weighted by molar-refractivity contribution is 7.89. The van der Waals surface area contributed by atoms with Gasteiger partial charge in [0.1, 0.15) is 0 Å². The Morgan fingerprint density at radius 3 is 2.33 bits per heavy atom. The molecule has 0 unspecified atom stereocenters. The zero-order valence-corrected chi connectivity index (χ0v) is 10.5. The van der Waals surface area contributed by atoms with Crippen LogP contribution in [0, 0.1) is 0 Å². The molecular formula is C9H20ClNO3S. The number of rotatable bonds is 10. The van der Waals surface area contributed by atoms with Crippen LogP contribution in [0.15, 0.2) is 0 Å². The Morgan fingerprint density at radius 2 is 1.73 bits per heavy atom. The van der Waals surface area contributed by atoms with E-state index < -0.39 is 10.0 Å². The lowest BCUT2D eigenvalue weighted by atomic mass is 10.2. The highest BCUT2D eigenvalue weighted by Crippen LogP contribution is 2.02. The molecule has 2 N–H and O–H groups in total. The Kier molecular flexibility index (Phi) is 9.49. The van der Waals surface area contributed by atoms with Crippen molar-refractivity contribution in [2.45, 2.75) is 32.1 Å². The van der Waals surface area contributed by atoms with Gasteiger partial charge in [0.2, 0.25) is 10.0 Å². The second-order valence-electron chi connectivity index (χ2n) is 3.39. The number of aliphatic hydroxyl groups excluding tert-OH is 1. The van der Waals surface area contributed by atoms with Crippen molar-refractivity contribution in [1.82, 2.24) is 4.72 Å². The fourth-order valence-corrected chi connectivity index (χ4v) is 2.49. The minimum absolute atomic E-state index is 0.0121. The van der Waals surface area contributed by atoms with E-state index in [0.29, 0.717) is 25.3 Å². The molecular weight excluding hydrogens is 238 g/mol. The van der Waals surface area contributed by atoms with E-state index in [9.17, 15) is 8.42 Å². The molecule has 0 aliphatic rings. The SMILES string of the molecule is O=S(=O)(CCCCCCCl)NCCCO. The van der Waals surface area contributed by atoms with Gasteiger partial charge in [-0.3, -0.25) is 0 Å². The van der Waals surface area contributed by atoms with Crippen molar-refractivity contribution in [2.75, 3.05) is 24.8 Å². The molecule has 92 valence electrons. The van der Waals surface area contributed by atoms with E-state index in [1.807, 2.05) is 0 Å². The van der Waals surface area contributed by atoms with Crippen LogP contribution in [0.3, 0.4) is 0 Å². The second kappa shape index (κ2) is 9.39. The predicted molar refractivity (Wildman–Crippen MR) is 62.7 cm³/mol. The van der Waals surface area contributed by atoms with Crippen molar-refractivity contribution in [3.63, 3.8) is 0 Å². The van der Waals surface area contributed by atoms with Gasteiger partial charge in [0.15, 0.2) is 0 Å². The molecule has 0 spiro atoms. The minimum atomic E-state index is -3.14. The Hall–Kier alpha value is 0.160. The summed E-state index contributed by atoms with van der Waals surface area (Å²) in [6.07, 6.45) is 3.96. The average Bonchev–Trinajstić information content (AvgIpc) is 2.17. The third-order valence-corrected chi connectivity index (χ3v) is 3.69. The van der Waals surface area contributed by atoms with Gasteiger partial charge in [-0.15, -0.1) is 11.6 Å². The largest absolute Gasteiger partial charge is 0.396 e. The number of aliphatic hydroxyl groups is 1. The fraction of sp³-hybridized carbons (Fsp3) is 1.00. The highest BCUT2D eigenvalue weighted by atomic mass is 35.5. The Bertz CT molecular complexity index is 232.